The fraction of sp³-hybridized carbons (Fsp3) is 0. The summed E-state index contributed by atoms with van der Waals surface area (Å²) in [5, 5.41) is 2.97. The summed E-state index contributed by atoms with van der Waals surface area (Å²) >= 11 is 1.62. The quantitative estimate of drug-likeness (QED) is 0.332. The second-order valence-corrected chi connectivity index (χ2v) is 8.05. The van der Waals surface area contributed by atoms with Crippen molar-refractivity contribution in [3.63, 3.8) is 0 Å². The number of halogens is 1. The number of allylic oxidation sites excluding steroid dienone is 2. The molecule has 1 heterocycles. The lowest BCUT2D eigenvalue weighted by Crippen LogP contribution is -2.68. The molecule has 3 aromatic carbocycles. The van der Waals surface area contributed by atoms with Gasteiger partial charge in [-0.3, -0.25) is 0 Å². The van der Waals surface area contributed by atoms with Crippen molar-refractivity contribution in [2.75, 3.05) is 0 Å². The summed E-state index contributed by atoms with van der Waals surface area (Å²) in [4.78, 5) is 0. The van der Waals surface area contributed by atoms with Gasteiger partial charge in [0.25, 0.3) is 0 Å². The van der Waals surface area contributed by atoms with E-state index >= 15 is 0 Å². The lowest BCUT2D eigenvalue weighted by Gasteiger charge is -2.17. The molecule has 0 aliphatic carbocycles. The van der Waals surface area contributed by atoms with Gasteiger partial charge in [-0.25, -0.2) is 18.6 Å². The van der Waals surface area contributed by atoms with Crippen molar-refractivity contribution in [1.29, 1.82) is 0 Å². The van der Waals surface area contributed by atoms with Gasteiger partial charge < -0.3 is 0 Å². The van der Waals surface area contributed by atoms with E-state index in [1.54, 1.807) is 11.3 Å². The third kappa shape index (κ3) is 7.86. The molecule has 0 N–H and O–H groups in total. The first-order valence-electron chi connectivity index (χ1n) is 9.48. The molecule has 0 fully saturated rings. The van der Waals surface area contributed by atoms with Gasteiger partial charge in [0, 0.05) is 0 Å². The SMILES string of the molecule is C(=C\c1ccccc1)/C=C(\c1ccccc1)c1[o+]c(-c2ccccc2)cs1.[O-][Cl+3]([O-])([O-])[O-]. The molecule has 0 radical (unpaired) electrons. The molecule has 0 spiro atoms. The molecule has 0 aliphatic rings. The minimum Gasteiger partial charge on any atom is -0.222 e. The van der Waals surface area contributed by atoms with Crippen molar-refractivity contribution in [3.05, 3.63) is 125 Å². The number of hydrogen-bond acceptors (Lipinski definition) is 5. The number of benzene rings is 3. The van der Waals surface area contributed by atoms with Crippen molar-refractivity contribution >= 4 is 23.0 Å². The Morgan fingerprint density at radius 2 is 1.28 bits per heavy atom. The highest BCUT2D eigenvalue weighted by atomic mass is 35.7. The smallest absolute Gasteiger partial charge is 0.222 e. The van der Waals surface area contributed by atoms with Gasteiger partial charge in [-0.2, -0.15) is 4.42 Å². The summed E-state index contributed by atoms with van der Waals surface area (Å²) in [6, 6.07) is 30.9. The average molecular weight is 467 g/mol. The first-order valence-corrected chi connectivity index (χ1v) is 11.6. The molecular weight excluding hydrogens is 448 g/mol. The molecule has 0 saturated carbocycles. The molecule has 5 nitrogen and oxygen atoms in total. The fourth-order valence-electron chi connectivity index (χ4n) is 2.82. The maximum absolute atomic E-state index is 8.49. The second kappa shape index (κ2) is 11.5. The van der Waals surface area contributed by atoms with Gasteiger partial charge in [0.2, 0.25) is 0 Å². The van der Waals surface area contributed by atoms with E-state index in [2.05, 4.69) is 72.1 Å². The van der Waals surface area contributed by atoms with Crippen molar-refractivity contribution in [2.45, 2.75) is 0 Å². The Balaban J connectivity index is 0.000000523. The second-order valence-electron chi connectivity index (χ2n) is 6.45. The van der Waals surface area contributed by atoms with E-state index in [1.165, 1.54) is 5.56 Å². The van der Waals surface area contributed by atoms with Gasteiger partial charge in [0.15, 0.2) is 0 Å². The summed E-state index contributed by atoms with van der Waals surface area (Å²) in [5.41, 5.74) is 4.48. The summed E-state index contributed by atoms with van der Waals surface area (Å²) in [6.45, 7) is 0. The van der Waals surface area contributed by atoms with E-state index in [-0.39, 0.29) is 0 Å². The maximum atomic E-state index is 8.49. The molecule has 0 aliphatic heterocycles. The molecular formula is C25H19ClO5S. The number of hydrogen-bond donors (Lipinski definition) is 0. The normalized spacial score (nSPS) is 11.8. The van der Waals surface area contributed by atoms with E-state index in [0.717, 1.165) is 27.5 Å². The highest BCUT2D eigenvalue weighted by molar-refractivity contribution is 7.10. The van der Waals surface area contributed by atoms with Crippen LogP contribution in [0.2, 0.25) is 0 Å². The highest BCUT2D eigenvalue weighted by Crippen LogP contribution is 2.33. The zero-order valence-corrected chi connectivity index (χ0v) is 18.4. The van der Waals surface area contributed by atoms with E-state index in [9.17, 15) is 0 Å². The molecule has 0 amide bonds. The largest absolute Gasteiger partial charge is 0.418 e. The van der Waals surface area contributed by atoms with Crippen LogP contribution in [0.5, 0.6) is 0 Å². The van der Waals surface area contributed by atoms with Crippen LogP contribution in [0.3, 0.4) is 0 Å². The maximum Gasteiger partial charge on any atom is 0.418 e. The Bertz CT molecular complexity index is 1150. The molecule has 1 aromatic heterocycles. The Kier molecular flexibility index (Phi) is 8.47. The summed E-state index contributed by atoms with van der Waals surface area (Å²) in [7, 11) is -4.94. The van der Waals surface area contributed by atoms with Crippen molar-refractivity contribution in [1.82, 2.24) is 0 Å². The van der Waals surface area contributed by atoms with Crippen LogP contribution in [0.4, 0.5) is 0 Å². The summed E-state index contributed by atoms with van der Waals surface area (Å²) in [6.07, 6.45) is 6.30. The lowest BCUT2D eigenvalue weighted by atomic mass is 10.1. The zero-order valence-electron chi connectivity index (χ0n) is 16.8. The van der Waals surface area contributed by atoms with Crippen LogP contribution in [-0.4, -0.2) is 0 Å². The third-order valence-corrected chi connectivity index (χ3v) is 5.04. The van der Waals surface area contributed by atoms with E-state index in [0.29, 0.717) is 0 Å². The predicted octanol–water partition coefficient (Wildman–Crippen LogP) is 2.68. The summed E-state index contributed by atoms with van der Waals surface area (Å²) in [5.74, 6) is 0.893. The Morgan fingerprint density at radius 1 is 0.750 bits per heavy atom. The van der Waals surface area contributed by atoms with E-state index < -0.39 is 10.2 Å². The van der Waals surface area contributed by atoms with Gasteiger partial charge in [0.05, 0.1) is 11.1 Å². The van der Waals surface area contributed by atoms with Gasteiger partial charge in [-0.1, -0.05) is 91.0 Å². The van der Waals surface area contributed by atoms with Crippen LogP contribution < -0.4 is 18.6 Å². The van der Waals surface area contributed by atoms with Gasteiger partial charge in [0.1, 0.15) is 5.38 Å². The monoisotopic (exact) mass is 466 g/mol. The zero-order chi connectivity index (χ0) is 22.8. The number of rotatable bonds is 5. The van der Waals surface area contributed by atoms with Crippen LogP contribution in [0, 0.1) is 10.2 Å². The molecule has 162 valence electrons. The average Bonchev–Trinajstić information content (AvgIpc) is 3.27. The lowest BCUT2D eigenvalue weighted by molar-refractivity contribution is -2.00. The van der Waals surface area contributed by atoms with Crippen molar-refractivity contribution < 1.29 is 33.3 Å². The molecule has 0 bridgehead atoms. The van der Waals surface area contributed by atoms with Crippen LogP contribution in [0.1, 0.15) is 16.2 Å². The standard InChI is InChI=1S/C25H19OS.ClHO4/c1-4-11-20(12-5-1)13-10-18-23(21-14-6-2-7-15-21)25-26-24(19-27-25)22-16-8-3-9-17-22;2-1(3,4)5/h1-19H;(H,2,3,4,5)/q+1;/p-1/b13-10+,23-18+;. The van der Waals surface area contributed by atoms with Crippen LogP contribution in [-0.2, 0) is 0 Å². The molecule has 4 aromatic rings. The van der Waals surface area contributed by atoms with Crippen molar-refractivity contribution in [3.8, 4) is 11.3 Å². The molecule has 0 saturated heterocycles. The topological polar surface area (TPSA) is 104 Å². The van der Waals surface area contributed by atoms with Crippen molar-refractivity contribution in [2.24, 2.45) is 0 Å². The van der Waals surface area contributed by atoms with Crippen LogP contribution in [0.15, 0.2) is 113 Å². The van der Waals surface area contributed by atoms with Gasteiger partial charge in [-0.15, -0.1) is 10.2 Å². The predicted molar refractivity (Wildman–Crippen MR) is 115 cm³/mol. The molecule has 32 heavy (non-hydrogen) atoms. The minimum atomic E-state index is -4.94. The summed E-state index contributed by atoms with van der Waals surface area (Å²) < 4.78 is 40.2. The molecule has 0 atom stereocenters. The third-order valence-electron chi connectivity index (χ3n) is 4.19. The minimum absolute atomic E-state index is 0.893. The Labute approximate surface area is 192 Å². The molecule has 4 rings (SSSR count). The van der Waals surface area contributed by atoms with Crippen LogP contribution >= 0.6 is 11.3 Å². The van der Waals surface area contributed by atoms with Crippen LogP contribution in [0.25, 0.3) is 23.0 Å². The van der Waals surface area contributed by atoms with Gasteiger partial charge in [-0.05, 0) is 40.7 Å². The first-order chi connectivity index (χ1) is 15.4. The highest BCUT2D eigenvalue weighted by Gasteiger charge is 2.23. The fourth-order valence-corrected chi connectivity index (χ4v) is 3.67. The van der Waals surface area contributed by atoms with E-state index in [4.69, 9.17) is 23.1 Å². The van der Waals surface area contributed by atoms with E-state index in [1.807, 2.05) is 42.5 Å². The molecule has 0 unspecified atom stereocenters. The van der Waals surface area contributed by atoms with Gasteiger partial charge >= 0.3 is 10.8 Å². The first kappa shape index (κ1) is 23.6. The Morgan fingerprint density at radius 3 is 1.88 bits per heavy atom. The Hall–Kier alpha value is -3.10. The molecule has 7 heteroatoms.